The summed E-state index contributed by atoms with van der Waals surface area (Å²) in [5.41, 5.74) is 0.558. The minimum atomic E-state index is -3.63. The Hall–Kier alpha value is -1.52. The highest BCUT2D eigenvalue weighted by Crippen LogP contribution is 2.27. The number of morpholine rings is 1. The lowest BCUT2D eigenvalue weighted by atomic mass is 10.2. The molecule has 0 spiro atoms. The summed E-state index contributed by atoms with van der Waals surface area (Å²) in [5.74, 6) is 0.596. The average Bonchev–Trinajstić information content (AvgIpc) is 3.21. The lowest BCUT2D eigenvalue weighted by molar-refractivity contribution is -0.0149. The number of rotatable bonds is 3. The van der Waals surface area contributed by atoms with Gasteiger partial charge in [0.2, 0.25) is 10.0 Å². The first-order chi connectivity index (χ1) is 11.6. The maximum atomic E-state index is 13.2. The van der Waals surface area contributed by atoms with E-state index < -0.39 is 10.0 Å². The van der Waals surface area contributed by atoms with Crippen molar-refractivity contribution in [1.82, 2.24) is 24.4 Å². The topological polar surface area (TPSA) is 89.4 Å². The summed E-state index contributed by atoms with van der Waals surface area (Å²) in [6.45, 7) is 3.81. The van der Waals surface area contributed by atoms with Crippen LogP contribution in [0, 0.1) is 6.92 Å². The van der Waals surface area contributed by atoms with E-state index in [4.69, 9.17) is 4.74 Å². The third kappa shape index (κ3) is 3.06. The Morgan fingerprint density at radius 2 is 2.16 bits per heavy atom. The summed E-state index contributed by atoms with van der Waals surface area (Å²) >= 11 is 0. The Labute approximate surface area is 152 Å². The van der Waals surface area contributed by atoms with E-state index in [1.54, 1.807) is 34.2 Å². The van der Waals surface area contributed by atoms with E-state index in [9.17, 15) is 8.42 Å². The van der Waals surface area contributed by atoms with Gasteiger partial charge in [0.15, 0.2) is 5.82 Å². The molecule has 0 aliphatic carbocycles. The molecule has 136 valence electrons. The van der Waals surface area contributed by atoms with Gasteiger partial charge in [0, 0.05) is 25.8 Å². The fourth-order valence-electron chi connectivity index (χ4n) is 3.34. The van der Waals surface area contributed by atoms with Crippen molar-refractivity contribution in [3.05, 3.63) is 36.3 Å². The number of fused-ring (bicyclic) bond motifs is 1. The second kappa shape index (κ2) is 7.00. The molecular weight excluding hydrogens is 366 g/mol. The van der Waals surface area contributed by atoms with Crippen LogP contribution in [-0.2, 0) is 14.8 Å². The van der Waals surface area contributed by atoms with Gasteiger partial charge in [-0.1, -0.05) is 6.07 Å². The smallest absolute Gasteiger partial charge is 0.246 e. The van der Waals surface area contributed by atoms with Crippen LogP contribution in [0.2, 0.25) is 0 Å². The fourth-order valence-corrected chi connectivity index (χ4v) is 5.12. The zero-order valence-electron chi connectivity index (χ0n) is 13.7. The number of sulfonamides is 1. The molecule has 2 fully saturated rings. The van der Waals surface area contributed by atoms with Crippen molar-refractivity contribution in [2.45, 2.75) is 24.0 Å². The highest BCUT2D eigenvalue weighted by molar-refractivity contribution is 7.89. The van der Waals surface area contributed by atoms with Crippen molar-refractivity contribution < 1.29 is 13.2 Å². The van der Waals surface area contributed by atoms with Crippen LogP contribution in [0.3, 0.4) is 0 Å². The van der Waals surface area contributed by atoms with Crippen molar-refractivity contribution in [2.24, 2.45) is 0 Å². The first-order valence-corrected chi connectivity index (χ1v) is 9.33. The number of nitrogens with one attached hydrogen (secondary N) is 1. The van der Waals surface area contributed by atoms with Gasteiger partial charge in [-0.15, -0.1) is 12.4 Å². The van der Waals surface area contributed by atoms with Crippen LogP contribution in [0.4, 0.5) is 0 Å². The molecule has 25 heavy (non-hydrogen) atoms. The van der Waals surface area contributed by atoms with Gasteiger partial charge in [-0.05, 0) is 19.1 Å². The Kier molecular flexibility index (Phi) is 5.12. The molecule has 0 aromatic carbocycles. The Morgan fingerprint density at radius 1 is 1.32 bits per heavy atom. The fraction of sp³-hybridized carbons (Fsp3) is 0.467. The molecule has 4 heterocycles. The minimum absolute atomic E-state index is 0. The third-order valence-electron chi connectivity index (χ3n) is 4.56. The number of hydrogen-bond acceptors (Lipinski definition) is 6. The molecule has 0 amide bonds. The van der Waals surface area contributed by atoms with Crippen molar-refractivity contribution in [1.29, 1.82) is 0 Å². The van der Waals surface area contributed by atoms with Crippen molar-refractivity contribution in [3.8, 4) is 5.82 Å². The van der Waals surface area contributed by atoms with Gasteiger partial charge in [0.25, 0.3) is 0 Å². The first kappa shape index (κ1) is 18.3. The number of hydrogen-bond donors (Lipinski definition) is 1. The number of halogens is 1. The average molecular weight is 386 g/mol. The lowest BCUT2D eigenvalue weighted by Gasteiger charge is -2.35. The van der Waals surface area contributed by atoms with Crippen LogP contribution < -0.4 is 5.32 Å². The Balaban J connectivity index is 0.00000182. The monoisotopic (exact) mass is 385 g/mol. The number of nitrogens with zero attached hydrogens (tertiary/aromatic N) is 4. The quantitative estimate of drug-likeness (QED) is 0.820. The van der Waals surface area contributed by atoms with Crippen LogP contribution in [0.15, 0.2) is 35.5 Å². The van der Waals surface area contributed by atoms with Gasteiger partial charge in [0.1, 0.15) is 4.90 Å². The molecule has 1 N–H and O–H groups in total. The second-order valence-electron chi connectivity index (χ2n) is 5.94. The van der Waals surface area contributed by atoms with E-state index in [0.29, 0.717) is 37.8 Å². The molecule has 0 unspecified atom stereocenters. The normalized spacial score (nSPS) is 23.9. The van der Waals surface area contributed by atoms with Gasteiger partial charge in [-0.3, -0.25) is 0 Å². The Morgan fingerprint density at radius 3 is 2.92 bits per heavy atom. The molecule has 2 aliphatic rings. The SMILES string of the molecule is Cc1c(S(=O)(=O)N2CCO[C@H]3CNC[C@H]32)cnn1-c1ccccn1.Cl. The molecular formula is C15H20ClN5O3S. The molecule has 0 radical (unpaired) electrons. The molecule has 0 saturated carbocycles. The molecule has 10 heteroatoms. The van der Waals surface area contributed by atoms with Gasteiger partial charge in [-0.25, -0.2) is 18.1 Å². The maximum absolute atomic E-state index is 13.2. The molecule has 2 saturated heterocycles. The van der Waals surface area contributed by atoms with Crippen molar-refractivity contribution in [3.63, 3.8) is 0 Å². The molecule has 2 aliphatic heterocycles. The predicted molar refractivity (Wildman–Crippen MR) is 93.6 cm³/mol. The highest BCUT2D eigenvalue weighted by Gasteiger charge is 2.43. The van der Waals surface area contributed by atoms with E-state index in [-0.39, 0.29) is 29.4 Å². The van der Waals surface area contributed by atoms with Gasteiger partial charge in [0.05, 0.1) is 30.6 Å². The van der Waals surface area contributed by atoms with Gasteiger partial charge < -0.3 is 10.1 Å². The van der Waals surface area contributed by atoms with E-state index in [1.807, 2.05) is 6.07 Å². The number of ether oxygens (including phenoxy) is 1. The van der Waals surface area contributed by atoms with Crippen LogP contribution in [0.25, 0.3) is 5.82 Å². The summed E-state index contributed by atoms with van der Waals surface area (Å²) < 4.78 is 35.1. The highest BCUT2D eigenvalue weighted by atomic mass is 35.5. The number of pyridine rings is 1. The van der Waals surface area contributed by atoms with Gasteiger partial charge in [-0.2, -0.15) is 9.40 Å². The second-order valence-corrected chi connectivity index (χ2v) is 7.80. The summed E-state index contributed by atoms with van der Waals surface area (Å²) in [4.78, 5) is 4.46. The summed E-state index contributed by atoms with van der Waals surface area (Å²) in [6.07, 6.45) is 2.98. The van der Waals surface area contributed by atoms with E-state index in [2.05, 4.69) is 15.4 Å². The molecule has 2 atom stereocenters. The number of aromatic nitrogens is 3. The lowest BCUT2D eigenvalue weighted by Crippen LogP contribution is -2.53. The van der Waals surface area contributed by atoms with E-state index in [0.717, 1.165) is 0 Å². The van der Waals surface area contributed by atoms with Crippen LogP contribution in [0.5, 0.6) is 0 Å². The molecule has 2 aromatic rings. The molecule has 0 bridgehead atoms. The maximum Gasteiger partial charge on any atom is 0.246 e. The summed E-state index contributed by atoms with van der Waals surface area (Å²) in [7, 11) is -3.63. The van der Waals surface area contributed by atoms with E-state index >= 15 is 0 Å². The zero-order chi connectivity index (χ0) is 16.7. The molecule has 4 rings (SSSR count). The molecule has 2 aromatic heterocycles. The summed E-state index contributed by atoms with van der Waals surface area (Å²) in [6, 6.07) is 5.28. The van der Waals surface area contributed by atoms with E-state index in [1.165, 1.54) is 6.20 Å². The van der Waals surface area contributed by atoms with Crippen molar-refractivity contribution in [2.75, 3.05) is 26.2 Å². The van der Waals surface area contributed by atoms with Gasteiger partial charge >= 0.3 is 0 Å². The molecule has 8 nitrogen and oxygen atoms in total. The largest absolute Gasteiger partial charge is 0.374 e. The standard InChI is InChI=1S/C15H19N5O3S.ClH/c1-11-14(10-18-20(11)15-4-2-3-5-17-15)24(21,22)19-6-7-23-13-9-16-8-12(13)19;/h2-5,10,12-13,16H,6-9H2,1H3;1H/t12-,13+;/m1./s1. The third-order valence-corrected chi connectivity index (χ3v) is 6.59. The predicted octanol–water partition coefficient (Wildman–Crippen LogP) is 0.359. The van der Waals surface area contributed by atoms with Crippen LogP contribution in [0.1, 0.15) is 5.69 Å². The first-order valence-electron chi connectivity index (χ1n) is 7.89. The Bertz CT molecular complexity index is 842. The van der Waals surface area contributed by atoms with Crippen LogP contribution in [-0.4, -0.2) is 65.9 Å². The zero-order valence-corrected chi connectivity index (χ0v) is 15.3. The van der Waals surface area contributed by atoms with Crippen LogP contribution >= 0.6 is 12.4 Å². The minimum Gasteiger partial charge on any atom is -0.374 e. The van der Waals surface area contributed by atoms with Crippen molar-refractivity contribution >= 4 is 22.4 Å². The summed E-state index contributed by atoms with van der Waals surface area (Å²) in [5, 5.41) is 7.44.